The van der Waals surface area contributed by atoms with Crippen LogP contribution in [0.1, 0.15) is 13.8 Å². The number of anilines is 1. The fraction of sp³-hybridized carbons (Fsp3) is 0.571. The summed E-state index contributed by atoms with van der Waals surface area (Å²) in [6.07, 6.45) is 0. The summed E-state index contributed by atoms with van der Waals surface area (Å²) in [5, 5.41) is 12.5. The van der Waals surface area contributed by atoms with Gasteiger partial charge in [0, 0.05) is 31.4 Å². The van der Waals surface area contributed by atoms with Crippen LogP contribution in [0.15, 0.2) is 24.3 Å². The number of hydrogen-bond acceptors (Lipinski definition) is 4. The van der Waals surface area contributed by atoms with Crippen LogP contribution >= 0.6 is 0 Å². The number of rotatable bonds is 8. The van der Waals surface area contributed by atoms with Gasteiger partial charge in [-0.2, -0.15) is 0 Å². The van der Waals surface area contributed by atoms with Gasteiger partial charge in [-0.15, -0.1) is 0 Å². The van der Waals surface area contributed by atoms with Crippen LogP contribution in [0.25, 0.3) is 0 Å². The van der Waals surface area contributed by atoms with Crippen molar-refractivity contribution in [3.63, 3.8) is 0 Å². The number of ether oxygens (including phenoxy) is 2. The van der Waals surface area contributed by atoms with E-state index in [-0.39, 0.29) is 12.0 Å². The molecule has 0 aliphatic carbocycles. The summed E-state index contributed by atoms with van der Waals surface area (Å²) >= 11 is 0. The van der Waals surface area contributed by atoms with E-state index in [0.717, 1.165) is 18.0 Å². The quantitative estimate of drug-likeness (QED) is 0.697. The highest BCUT2D eigenvalue weighted by atomic mass is 16.5. The van der Waals surface area contributed by atoms with Crippen molar-refractivity contribution in [3.8, 4) is 5.75 Å². The molecule has 0 radical (unpaired) electrons. The van der Waals surface area contributed by atoms with Crippen molar-refractivity contribution in [1.82, 2.24) is 0 Å². The molecule has 4 heteroatoms. The topological polar surface area (TPSA) is 50.7 Å². The number of aliphatic hydroxyl groups is 1. The maximum Gasteiger partial charge on any atom is 0.119 e. The third-order valence-corrected chi connectivity index (χ3v) is 2.61. The summed E-state index contributed by atoms with van der Waals surface area (Å²) in [5.74, 6) is 0.832. The SMILES string of the molecule is COCCOc1ccc(NCC(C)(C)CO)cc1. The molecule has 18 heavy (non-hydrogen) atoms. The molecule has 0 aliphatic heterocycles. The van der Waals surface area contributed by atoms with Crippen LogP contribution in [-0.4, -0.2) is 38.6 Å². The highest BCUT2D eigenvalue weighted by Crippen LogP contribution is 2.18. The summed E-state index contributed by atoms with van der Waals surface area (Å²) in [6.45, 7) is 6.07. The Morgan fingerprint density at radius 2 is 1.83 bits per heavy atom. The molecular formula is C14H23NO3. The van der Waals surface area contributed by atoms with Gasteiger partial charge in [-0.1, -0.05) is 13.8 Å². The van der Waals surface area contributed by atoms with Gasteiger partial charge < -0.3 is 19.9 Å². The zero-order valence-electron chi connectivity index (χ0n) is 11.4. The number of hydrogen-bond donors (Lipinski definition) is 2. The molecule has 2 N–H and O–H groups in total. The molecule has 0 saturated heterocycles. The summed E-state index contributed by atoms with van der Waals surface area (Å²) in [4.78, 5) is 0. The first-order valence-electron chi connectivity index (χ1n) is 6.14. The second-order valence-electron chi connectivity index (χ2n) is 5.04. The molecule has 0 atom stereocenters. The van der Waals surface area contributed by atoms with Crippen molar-refractivity contribution in [2.45, 2.75) is 13.8 Å². The number of nitrogens with one attached hydrogen (secondary N) is 1. The average molecular weight is 253 g/mol. The monoisotopic (exact) mass is 253 g/mol. The summed E-state index contributed by atoms with van der Waals surface area (Å²) in [5.41, 5.74) is 0.906. The van der Waals surface area contributed by atoms with Gasteiger partial charge in [-0.25, -0.2) is 0 Å². The smallest absolute Gasteiger partial charge is 0.119 e. The predicted octanol–water partition coefficient (Wildman–Crippen LogP) is 2.14. The molecule has 0 saturated carbocycles. The van der Waals surface area contributed by atoms with Gasteiger partial charge in [0.25, 0.3) is 0 Å². The van der Waals surface area contributed by atoms with E-state index in [2.05, 4.69) is 5.32 Å². The van der Waals surface area contributed by atoms with E-state index < -0.39 is 0 Å². The number of benzene rings is 1. The van der Waals surface area contributed by atoms with Gasteiger partial charge in [0.2, 0.25) is 0 Å². The molecule has 102 valence electrons. The van der Waals surface area contributed by atoms with Crippen LogP contribution < -0.4 is 10.1 Å². The van der Waals surface area contributed by atoms with Crippen molar-refractivity contribution in [2.24, 2.45) is 5.41 Å². The van der Waals surface area contributed by atoms with Crippen LogP contribution in [-0.2, 0) is 4.74 Å². The first-order chi connectivity index (χ1) is 8.57. The second kappa shape index (κ2) is 7.24. The Kier molecular flexibility index (Phi) is 5.95. The van der Waals surface area contributed by atoms with E-state index in [1.807, 2.05) is 38.1 Å². The highest BCUT2D eigenvalue weighted by molar-refractivity contribution is 5.46. The van der Waals surface area contributed by atoms with E-state index in [1.165, 1.54) is 0 Å². The Hall–Kier alpha value is -1.26. The Balaban J connectivity index is 2.40. The Morgan fingerprint density at radius 1 is 1.17 bits per heavy atom. The van der Waals surface area contributed by atoms with Crippen molar-refractivity contribution in [3.05, 3.63) is 24.3 Å². The minimum Gasteiger partial charge on any atom is -0.491 e. The van der Waals surface area contributed by atoms with Gasteiger partial charge >= 0.3 is 0 Å². The lowest BCUT2D eigenvalue weighted by Gasteiger charge is -2.22. The van der Waals surface area contributed by atoms with Gasteiger partial charge in [0.1, 0.15) is 12.4 Å². The molecule has 1 aromatic rings. The second-order valence-corrected chi connectivity index (χ2v) is 5.04. The molecule has 0 amide bonds. The average Bonchev–Trinajstić information content (AvgIpc) is 2.38. The summed E-state index contributed by atoms with van der Waals surface area (Å²) in [6, 6.07) is 7.78. The molecular weight excluding hydrogens is 230 g/mol. The summed E-state index contributed by atoms with van der Waals surface area (Å²) in [7, 11) is 1.65. The molecule has 1 aromatic carbocycles. The van der Waals surface area contributed by atoms with E-state index >= 15 is 0 Å². The normalized spacial score (nSPS) is 11.3. The van der Waals surface area contributed by atoms with E-state index in [9.17, 15) is 0 Å². The lowest BCUT2D eigenvalue weighted by Crippen LogP contribution is -2.26. The van der Waals surface area contributed by atoms with Crippen molar-refractivity contribution in [2.75, 3.05) is 38.8 Å². The molecule has 0 aliphatic rings. The van der Waals surface area contributed by atoms with Crippen molar-refractivity contribution in [1.29, 1.82) is 0 Å². The predicted molar refractivity (Wildman–Crippen MR) is 73.2 cm³/mol. The first-order valence-corrected chi connectivity index (χ1v) is 6.14. The first kappa shape index (κ1) is 14.8. The maximum absolute atomic E-state index is 9.16. The fourth-order valence-electron chi connectivity index (χ4n) is 1.31. The molecule has 0 heterocycles. The van der Waals surface area contributed by atoms with Crippen LogP contribution in [0.3, 0.4) is 0 Å². The fourth-order valence-corrected chi connectivity index (χ4v) is 1.31. The molecule has 0 spiro atoms. The number of aliphatic hydroxyl groups excluding tert-OH is 1. The van der Waals surface area contributed by atoms with Gasteiger partial charge in [-0.05, 0) is 24.3 Å². The van der Waals surface area contributed by atoms with Gasteiger partial charge in [0.15, 0.2) is 0 Å². The zero-order chi connectivity index (χ0) is 13.4. The minimum absolute atomic E-state index is 0.117. The zero-order valence-corrected chi connectivity index (χ0v) is 11.4. The third kappa shape index (κ3) is 5.38. The summed E-state index contributed by atoms with van der Waals surface area (Å²) < 4.78 is 10.4. The standard InChI is InChI=1S/C14H23NO3/c1-14(2,11-16)10-15-12-4-6-13(7-5-12)18-9-8-17-3/h4-7,15-16H,8-11H2,1-3H3. The molecule has 0 aromatic heterocycles. The highest BCUT2D eigenvalue weighted by Gasteiger charge is 2.15. The third-order valence-electron chi connectivity index (χ3n) is 2.61. The lowest BCUT2D eigenvalue weighted by molar-refractivity contribution is 0.146. The van der Waals surface area contributed by atoms with Crippen LogP contribution in [0.2, 0.25) is 0 Å². The largest absolute Gasteiger partial charge is 0.491 e. The molecule has 0 bridgehead atoms. The van der Waals surface area contributed by atoms with Crippen LogP contribution in [0.5, 0.6) is 5.75 Å². The van der Waals surface area contributed by atoms with E-state index in [1.54, 1.807) is 7.11 Å². The molecule has 0 unspecified atom stereocenters. The molecule has 1 rings (SSSR count). The Bertz CT molecular complexity index is 335. The Morgan fingerprint density at radius 3 is 2.39 bits per heavy atom. The van der Waals surface area contributed by atoms with Gasteiger partial charge in [-0.3, -0.25) is 0 Å². The number of methoxy groups -OCH3 is 1. The lowest BCUT2D eigenvalue weighted by atomic mass is 9.95. The van der Waals surface area contributed by atoms with E-state index in [4.69, 9.17) is 14.6 Å². The maximum atomic E-state index is 9.16. The minimum atomic E-state index is -0.117. The molecule has 0 fully saturated rings. The van der Waals surface area contributed by atoms with Crippen LogP contribution in [0, 0.1) is 5.41 Å². The van der Waals surface area contributed by atoms with Gasteiger partial charge in [0.05, 0.1) is 6.61 Å². The van der Waals surface area contributed by atoms with Crippen LogP contribution in [0.4, 0.5) is 5.69 Å². The van der Waals surface area contributed by atoms with Crippen molar-refractivity contribution >= 4 is 5.69 Å². The Labute approximate surface area is 109 Å². The molecule has 4 nitrogen and oxygen atoms in total. The van der Waals surface area contributed by atoms with Crippen molar-refractivity contribution < 1.29 is 14.6 Å². The van der Waals surface area contributed by atoms with E-state index in [0.29, 0.717) is 13.2 Å².